The van der Waals surface area contributed by atoms with E-state index in [1.807, 2.05) is 0 Å². The largest absolute Gasteiger partial charge is 0.409 e. The highest BCUT2D eigenvalue weighted by atomic mass is 28.4. The Labute approximate surface area is 173 Å². The second-order valence-corrected chi connectivity index (χ2v) is 13.5. The van der Waals surface area contributed by atoms with Crippen molar-refractivity contribution in [2.75, 3.05) is 27.8 Å². The summed E-state index contributed by atoms with van der Waals surface area (Å²) in [6.07, 6.45) is 2.87. The van der Waals surface area contributed by atoms with Crippen molar-refractivity contribution in [1.29, 1.82) is 0 Å². The molecule has 6 nitrogen and oxygen atoms in total. The summed E-state index contributed by atoms with van der Waals surface area (Å²) in [5, 5.41) is 10.9. The van der Waals surface area contributed by atoms with Crippen LogP contribution in [-0.4, -0.2) is 65.6 Å². The van der Waals surface area contributed by atoms with E-state index in [2.05, 4.69) is 47.4 Å². The number of methoxy groups -OCH3 is 2. The van der Waals surface area contributed by atoms with Crippen molar-refractivity contribution >= 4 is 8.32 Å². The van der Waals surface area contributed by atoms with Crippen molar-refractivity contribution in [3.63, 3.8) is 0 Å². The van der Waals surface area contributed by atoms with Crippen molar-refractivity contribution in [1.82, 2.24) is 0 Å². The third-order valence-corrected chi connectivity index (χ3v) is 9.81. The predicted octanol–water partition coefficient (Wildman–Crippen LogP) is 4.48. The first-order valence-corrected chi connectivity index (χ1v) is 13.1. The van der Waals surface area contributed by atoms with E-state index in [1.54, 1.807) is 20.3 Å². The molecular formula is C21H44O6Si. The molecule has 0 aliphatic rings. The average Bonchev–Trinajstić information content (AvgIpc) is 2.61. The molecule has 0 aromatic rings. The first-order valence-electron chi connectivity index (χ1n) is 10.2. The van der Waals surface area contributed by atoms with Crippen LogP contribution in [0.1, 0.15) is 53.4 Å². The van der Waals surface area contributed by atoms with Crippen LogP contribution in [0.3, 0.4) is 0 Å². The van der Waals surface area contributed by atoms with Gasteiger partial charge in [0, 0.05) is 14.2 Å². The lowest BCUT2D eigenvalue weighted by Gasteiger charge is -2.44. The zero-order valence-electron chi connectivity index (χ0n) is 19.3. The summed E-state index contributed by atoms with van der Waals surface area (Å²) in [4.78, 5) is 0. The molecule has 0 saturated heterocycles. The molecule has 0 unspecified atom stereocenters. The van der Waals surface area contributed by atoms with Gasteiger partial charge in [-0.15, -0.1) is 6.58 Å². The van der Waals surface area contributed by atoms with Gasteiger partial charge >= 0.3 is 0 Å². The maximum Gasteiger partial charge on any atom is 0.192 e. The average molecular weight is 421 g/mol. The van der Waals surface area contributed by atoms with Gasteiger partial charge in [-0.3, -0.25) is 0 Å². The third-order valence-electron chi connectivity index (χ3n) is 5.34. The van der Waals surface area contributed by atoms with E-state index in [0.717, 1.165) is 19.3 Å². The molecule has 4 atom stereocenters. The fourth-order valence-corrected chi connectivity index (χ4v) is 3.98. The number of hydrogen-bond donors (Lipinski definition) is 1. The number of aliphatic hydroxyl groups is 1. The topological polar surface area (TPSA) is 66.4 Å². The van der Waals surface area contributed by atoms with Crippen LogP contribution in [0, 0.1) is 0 Å². The second kappa shape index (κ2) is 13.9. The molecule has 0 radical (unpaired) electrons. The standard InChI is InChI=1S/C21H44O6Si/c1-10-12-14-18(25-15-23-6)20(26-16-24-7)19(17(22)13-11-2)27-28(8,9)21(3,4)5/h11,17-20,22H,2,10,12-16H2,1,3-9H3/t17-,18+,19-,20-/m1/s1. The number of ether oxygens (including phenoxy) is 4. The first kappa shape index (κ1) is 27.7. The molecule has 0 heterocycles. The molecule has 0 aliphatic heterocycles. The molecule has 0 saturated carbocycles. The summed E-state index contributed by atoms with van der Waals surface area (Å²) in [6, 6.07) is 0. The number of hydrogen-bond acceptors (Lipinski definition) is 6. The molecular weight excluding hydrogens is 376 g/mol. The SMILES string of the molecule is C=CC[C@@H](O)[C@@H](O[Si](C)(C)C(C)(C)C)[C@H](OCOC)[C@H](CCCC)OCOC. The maximum absolute atomic E-state index is 10.9. The summed E-state index contributed by atoms with van der Waals surface area (Å²) in [5.41, 5.74) is 0. The molecule has 168 valence electrons. The highest BCUT2D eigenvalue weighted by Gasteiger charge is 2.45. The Hall–Kier alpha value is -0.283. The van der Waals surface area contributed by atoms with E-state index in [1.165, 1.54) is 0 Å². The van der Waals surface area contributed by atoms with Crippen molar-refractivity contribution in [2.24, 2.45) is 0 Å². The molecule has 0 aromatic heterocycles. The van der Waals surface area contributed by atoms with E-state index >= 15 is 0 Å². The van der Waals surface area contributed by atoms with Gasteiger partial charge in [-0.2, -0.15) is 0 Å². The van der Waals surface area contributed by atoms with Crippen LogP contribution in [0.15, 0.2) is 12.7 Å². The molecule has 28 heavy (non-hydrogen) atoms. The van der Waals surface area contributed by atoms with Gasteiger partial charge in [-0.25, -0.2) is 0 Å². The Balaban J connectivity index is 5.86. The van der Waals surface area contributed by atoms with Gasteiger partial charge in [0.25, 0.3) is 0 Å². The van der Waals surface area contributed by atoms with E-state index < -0.39 is 26.6 Å². The van der Waals surface area contributed by atoms with Crippen LogP contribution >= 0.6 is 0 Å². The van der Waals surface area contributed by atoms with Crippen LogP contribution in [0.25, 0.3) is 0 Å². The Bertz CT molecular complexity index is 402. The number of rotatable bonds is 16. The van der Waals surface area contributed by atoms with E-state index in [4.69, 9.17) is 23.4 Å². The Morgan fingerprint density at radius 3 is 2.07 bits per heavy atom. The quantitative estimate of drug-likeness (QED) is 0.226. The van der Waals surface area contributed by atoms with Gasteiger partial charge < -0.3 is 28.5 Å². The number of unbranched alkanes of at least 4 members (excludes halogenated alkanes) is 1. The molecule has 0 aromatic carbocycles. The van der Waals surface area contributed by atoms with E-state index in [-0.39, 0.29) is 24.7 Å². The van der Waals surface area contributed by atoms with Crippen molar-refractivity contribution in [2.45, 2.75) is 95.9 Å². The fourth-order valence-electron chi connectivity index (χ4n) is 2.65. The monoisotopic (exact) mass is 420 g/mol. The van der Waals surface area contributed by atoms with Crippen LogP contribution in [0.2, 0.25) is 18.1 Å². The van der Waals surface area contributed by atoms with E-state index in [0.29, 0.717) is 6.42 Å². The summed E-state index contributed by atoms with van der Waals surface area (Å²) < 4.78 is 28.9. The van der Waals surface area contributed by atoms with Gasteiger partial charge in [0.1, 0.15) is 25.8 Å². The van der Waals surface area contributed by atoms with Crippen molar-refractivity contribution < 1.29 is 28.5 Å². The highest BCUT2D eigenvalue weighted by molar-refractivity contribution is 6.74. The fraction of sp³-hybridized carbons (Fsp3) is 0.905. The van der Waals surface area contributed by atoms with Crippen LogP contribution in [-0.2, 0) is 23.4 Å². The molecule has 0 fully saturated rings. The molecule has 0 bridgehead atoms. The van der Waals surface area contributed by atoms with Crippen molar-refractivity contribution in [3.05, 3.63) is 12.7 Å². The lowest BCUT2D eigenvalue weighted by Crippen LogP contribution is -2.55. The molecule has 7 heteroatoms. The summed E-state index contributed by atoms with van der Waals surface area (Å²) >= 11 is 0. The molecule has 0 aliphatic carbocycles. The smallest absolute Gasteiger partial charge is 0.192 e. The zero-order valence-corrected chi connectivity index (χ0v) is 20.3. The Morgan fingerprint density at radius 1 is 1.04 bits per heavy atom. The highest BCUT2D eigenvalue weighted by Crippen LogP contribution is 2.39. The minimum absolute atomic E-state index is 0.00272. The zero-order chi connectivity index (χ0) is 21.8. The van der Waals surface area contributed by atoms with Gasteiger partial charge in [-0.05, 0) is 31.0 Å². The lowest BCUT2D eigenvalue weighted by atomic mass is 9.97. The van der Waals surface area contributed by atoms with Gasteiger partial charge in [0.2, 0.25) is 0 Å². The molecule has 1 N–H and O–H groups in total. The molecule has 0 rings (SSSR count). The van der Waals surface area contributed by atoms with E-state index in [9.17, 15) is 5.11 Å². The van der Waals surface area contributed by atoms with Crippen molar-refractivity contribution in [3.8, 4) is 0 Å². The van der Waals surface area contributed by atoms with Crippen LogP contribution < -0.4 is 0 Å². The minimum Gasteiger partial charge on any atom is -0.409 e. The molecule has 0 spiro atoms. The predicted molar refractivity (Wildman–Crippen MR) is 116 cm³/mol. The lowest BCUT2D eigenvalue weighted by molar-refractivity contribution is -0.197. The summed E-state index contributed by atoms with van der Waals surface area (Å²) in [5.74, 6) is 0. The van der Waals surface area contributed by atoms with Crippen LogP contribution in [0.5, 0.6) is 0 Å². The maximum atomic E-state index is 10.9. The first-order chi connectivity index (χ1) is 13.1. The molecule has 0 amide bonds. The third kappa shape index (κ3) is 9.48. The Kier molecular flexibility index (Phi) is 13.7. The summed E-state index contributed by atoms with van der Waals surface area (Å²) in [7, 11) is 1.00. The van der Waals surface area contributed by atoms with Gasteiger partial charge in [0.05, 0.1) is 12.2 Å². The number of aliphatic hydroxyl groups excluding tert-OH is 1. The minimum atomic E-state index is -2.17. The van der Waals surface area contributed by atoms with Gasteiger partial charge in [-0.1, -0.05) is 46.6 Å². The summed E-state index contributed by atoms with van der Waals surface area (Å²) in [6.45, 7) is 17.0. The second-order valence-electron chi connectivity index (χ2n) is 8.73. The van der Waals surface area contributed by atoms with Gasteiger partial charge in [0.15, 0.2) is 8.32 Å². The normalized spacial score (nSPS) is 17.2. The Morgan fingerprint density at radius 2 is 1.61 bits per heavy atom. The van der Waals surface area contributed by atoms with Crippen LogP contribution in [0.4, 0.5) is 0 Å².